The molecule has 0 aliphatic carbocycles. The Morgan fingerprint density at radius 1 is 1.11 bits per heavy atom. The molecule has 0 bridgehead atoms. The minimum Gasteiger partial charge on any atom is -0.479 e. The van der Waals surface area contributed by atoms with Gasteiger partial charge in [-0.25, -0.2) is 4.79 Å². The summed E-state index contributed by atoms with van der Waals surface area (Å²) in [7, 11) is 0. The monoisotopic (exact) mass is 259 g/mol. The molecular formula is C14H13NO4. The Morgan fingerprint density at radius 2 is 1.79 bits per heavy atom. The van der Waals surface area contributed by atoms with Crippen molar-refractivity contribution in [2.45, 2.75) is 6.10 Å². The Labute approximate surface area is 109 Å². The topological polar surface area (TPSA) is 86.6 Å². The van der Waals surface area contributed by atoms with Crippen LogP contribution in [0.15, 0.2) is 42.5 Å². The largest absolute Gasteiger partial charge is 0.479 e. The zero-order chi connectivity index (χ0) is 13.8. The maximum absolute atomic E-state index is 11.8. The first-order valence-corrected chi connectivity index (χ1v) is 5.76. The zero-order valence-corrected chi connectivity index (χ0v) is 10.0. The molecule has 1 atom stereocenters. The molecule has 0 radical (unpaired) electrons. The SMILES string of the molecule is O=C(NC[C@H](O)C(=O)O)c1ccc2ccccc2c1. The van der Waals surface area contributed by atoms with E-state index in [4.69, 9.17) is 10.2 Å². The normalized spacial score (nSPS) is 12.1. The van der Waals surface area contributed by atoms with Gasteiger partial charge in [-0.05, 0) is 22.9 Å². The first-order valence-electron chi connectivity index (χ1n) is 5.76. The molecule has 0 heterocycles. The van der Waals surface area contributed by atoms with Gasteiger partial charge in [-0.1, -0.05) is 30.3 Å². The lowest BCUT2D eigenvalue weighted by molar-refractivity contribution is -0.146. The number of hydrogen-bond acceptors (Lipinski definition) is 3. The van der Waals surface area contributed by atoms with Crippen molar-refractivity contribution in [3.63, 3.8) is 0 Å². The molecule has 2 aromatic rings. The fourth-order valence-corrected chi connectivity index (χ4v) is 1.71. The number of carboxylic acid groups (broad SMARTS) is 1. The highest BCUT2D eigenvalue weighted by molar-refractivity contribution is 5.98. The minimum absolute atomic E-state index is 0.318. The lowest BCUT2D eigenvalue weighted by atomic mass is 10.1. The van der Waals surface area contributed by atoms with Crippen molar-refractivity contribution in [1.29, 1.82) is 0 Å². The number of benzene rings is 2. The maximum atomic E-state index is 11.8. The van der Waals surface area contributed by atoms with Crippen LogP contribution in [0.25, 0.3) is 10.8 Å². The van der Waals surface area contributed by atoms with Crippen molar-refractivity contribution in [2.24, 2.45) is 0 Å². The molecule has 0 saturated carbocycles. The Morgan fingerprint density at radius 3 is 2.47 bits per heavy atom. The van der Waals surface area contributed by atoms with Gasteiger partial charge < -0.3 is 15.5 Å². The molecule has 5 heteroatoms. The van der Waals surface area contributed by atoms with Gasteiger partial charge in [-0.3, -0.25) is 4.79 Å². The summed E-state index contributed by atoms with van der Waals surface area (Å²) in [6.07, 6.45) is -1.59. The lowest BCUT2D eigenvalue weighted by Crippen LogP contribution is -2.36. The van der Waals surface area contributed by atoms with E-state index in [2.05, 4.69) is 5.32 Å². The number of aliphatic hydroxyl groups is 1. The van der Waals surface area contributed by atoms with Gasteiger partial charge in [0.1, 0.15) is 0 Å². The second kappa shape index (κ2) is 5.49. The van der Waals surface area contributed by atoms with Crippen LogP contribution in [-0.4, -0.2) is 34.7 Å². The average molecular weight is 259 g/mol. The van der Waals surface area contributed by atoms with Crippen LogP contribution in [0.2, 0.25) is 0 Å². The van der Waals surface area contributed by atoms with E-state index < -0.39 is 18.0 Å². The van der Waals surface area contributed by atoms with Crippen LogP contribution >= 0.6 is 0 Å². The van der Waals surface area contributed by atoms with Gasteiger partial charge in [0.25, 0.3) is 5.91 Å². The number of carbonyl (C=O) groups is 2. The first-order chi connectivity index (χ1) is 9.08. The van der Waals surface area contributed by atoms with Gasteiger partial charge in [-0.15, -0.1) is 0 Å². The van der Waals surface area contributed by atoms with E-state index in [1.54, 1.807) is 12.1 Å². The van der Waals surface area contributed by atoms with E-state index in [1.807, 2.05) is 30.3 Å². The summed E-state index contributed by atoms with van der Waals surface area (Å²) >= 11 is 0. The summed E-state index contributed by atoms with van der Waals surface area (Å²) in [6, 6.07) is 12.8. The number of carbonyl (C=O) groups excluding carboxylic acids is 1. The number of aliphatic hydroxyl groups excluding tert-OH is 1. The molecule has 98 valence electrons. The molecule has 3 N–H and O–H groups in total. The lowest BCUT2D eigenvalue weighted by Gasteiger charge is -2.08. The van der Waals surface area contributed by atoms with E-state index in [9.17, 15) is 9.59 Å². The van der Waals surface area contributed by atoms with Crippen molar-refractivity contribution in [1.82, 2.24) is 5.32 Å². The van der Waals surface area contributed by atoms with Crippen molar-refractivity contribution in [3.8, 4) is 0 Å². The molecule has 5 nitrogen and oxygen atoms in total. The molecule has 0 aromatic heterocycles. The minimum atomic E-state index is -1.59. The quantitative estimate of drug-likeness (QED) is 0.765. The molecule has 1 amide bonds. The average Bonchev–Trinajstić information content (AvgIpc) is 2.43. The number of carboxylic acids is 1. The molecule has 0 saturated heterocycles. The summed E-state index contributed by atoms with van der Waals surface area (Å²) in [5.74, 6) is -1.77. The van der Waals surface area contributed by atoms with Crippen LogP contribution in [-0.2, 0) is 4.79 Å². The third kappa shape index (κ3) is 3.08. The fraction of sp³-hybridized carbons (Fsp3) is 0.143. The molecule has 2 aromatic carbocycles. The van der Waals surface area contributed by atoms with Crippen LogP contribution in [0.3, 0.4) is 0 Å². The Kier molecular flexibility index (Phi) is 3.77. The first kappa shape index (κ1) is 13.0. The number of hydrogen-bond donors (Lipinski definition) is 3. The van der Waals surface area contributed by atoms with Gasteiger partial charge in [0, 0.05) is 5.56 Å². The third-order valence-electron chi connectivity index (χ3n) is 2.75. The summed E-state index contributed by atoms with van der Waals surface area (Å²) in [5, 5.41) is 21.9. The molecule has 0 spiro atoms. The van der Waals surface area contributed by atoms with E-state index in [0.717, 1.165) is 10.8 Å². The second-order valence-electron chi connectivity index (χ2n) is 4.13. The predicted molar refractivity (Wildman–Crippen MR) is 69.9 cm³/mol. The summed E-state index contributed by atoms with van der Waals surface area (Å²) in [6.45, 7) is -0.318. The van der Waals surface area contributed by atoms with Gasteiger partial charge >= 0.3 is 5.97 Å². The summed E-state index contributed by atoms with van der Waals surface area (Å²) in [4.78, 5) is 22.2. The number of fused-ring (bicyclic) bond motifs is 1. The zero-order valence-electron chi connectivity index (χ0n) is 10.0. The van der Waals surface area contributed by atoms with Gasteiger partial charge in [0.15, 0.2) is 6.10 Å². The van der Waals surface area contributed by atoms with E-state index in [1.165, 1.54) is 0 Å². The Balaban J connectivity index is 2.11. The van der Waals surface area contributed by atoms with Gasteiger partial charge in [-0.2, -0.15) is 0 Å². The van der Waals surface area contributed by atoms with Crippen molar-refractivity contribution < 1.29 is 19.8 Å². The highest BCUT2D eigenvalue weighted by Gasteiger charge is 2.14. The summed E-state index contributed by atoms with van der Waals surface area (Å²) < 4.78 is 0. The highest BCUT2D eigenvalue weighted by Crippen LogP contribution is 2.15. The highest BCUT2D eigenvalue weighted by atomic mass is 16.4. The van der Waals surface area contributed by atoms with Crippen LogP contribution in [0.5, 0.6) is 0 Å². The van der Waals surface area contributed by atoms with Gasteiger partial charge in [0.2, 0.25) is 0 Å². The van der Waals surface area contributed by atoms with Crippen LogP contribution in [0, 0.1) is 0 Å². The molecule has 0 unspecified atom stereocenters. The van der Waals surface area contributed by atoms with Crippen LogP contribution in [0.4, 0.5) is 0 Å². The predicted octanol–water partition coefficient (Wildman–Crippen LogP) is 1.02. The number of aliphatic carboxylic acids is 1. The molecule has 0 fully saturated rings. The number of nitrogens with one attached hydrogen (secondary N) is 1. The molecule has 2 rings (SSSR count). The second-order valence-corrected chi connectivity index (χ2v) is 4.13. The van der Waals surface area contributed by atoms with E-state index in [0.29, 0.717) is 5.56 Å². The Hall–Kier alpha value is -2.40. The molecule has 0 aliphatic heterocycles. The number of amides is 1. The third-order valence-corrected chi connectivity index (χ3v) is 2.75. The number of rotatable bonds is 4. The van der Waals surface area contributed by atoms with Crippen molar-refractivity contribution in [3.05, 3.63) is 48.0 Å². The Bertz CT molecular complexity index is 624. The maximum Gasteiger partial charge on any atom is 0.334 e. The van der Waals surface area contributed by atoms with Crippen molar-refractivity contribution in [2.75, 3.05) is 6.54 Å². The van der Waals surface area contributed by atoms with Crippen molar-refractivity contribution >= 4 is 22.6 Å². The van der Waals surface area contributed by atoms with Crippen LogP contribution < -0.4 is 5.32 Å². The smallest absolute Gasteiger partial charge is 0.334 e. The van der Waals surface area contributed by atoms with Gasteiger partial charge in [0.05, 0.1) is 6.54 Å². The van der Waals surface area contributed by atoms with E-state index >= 15 is 0 Å². The standard InChI is InChI=1S/C14H13NO4/c16-12(14(18)19)8-15-13(17)11-6-5-9-3-1-2-4-10(9)7-11/h1-7,12,16H,8H2,(H,15,17)(H,18,19)/t12-/m0/s1. The molecule has 0 aliphatic rings. The van der Waals surface area contributed by atoms with E-state index in [-0.39, 0.29) is 6.54 Å². The van der Waals surface area contributed by atoms with Crippen LogP contribution in [0.1, 0.15) is 10.4 Å². The fourth-order valence-electron chi connectivity index (χ4n) is 1.71. The summed E-state index contributed by atoms with van der Waals surface area (Å²) in [5.41, 5.74) is 0.427. The molecule has 19 heavy (non-hydrogen) atoms. The molecular weight excluding hydrogens is 246 g/mol.